The van der Waals surface area contributed by atoms with Crippen molar-refractivity contribution >= 4 is 29.0 Å². The van der Waals surface area contributed by atoms with E-state index in [9.17, 15) is 9.18 Å². The van der Waals surface area contributed by atoms with E-state index in [2.05, 4.69) is 27.3 Å². The summed E-state index contributed by atoms with van der Waals surface area (Å²) in [7, 11) is 0. The summed E-state index contributed by atoms with van der Waals surface area (Å²) in [6.07, 6.45) is 3.62. The van der Waals surface area contributed by atoms with Crippen LogP contribution in [0, 0.1) is 5.82 Å². The van der Waals surface area contributed by atoms with Crippen LogP contribution in [-0.4, -0.2) is 44.4 Å². The van der Waals surface area contributed by atoms with Gasteiger partial charge in [0.15, 0.2) is 11.0 Å². The molecule has 32 heavy (non-hydrogen) atoms. The maximum Gasteiger partial charge on any atom is 0.230 e. The summed E-state index contributed by atoms with van der Waals surface area (Å²) in [4.78, 5) is 16.1. The molecule has 1 N–H and O–H groups in total. The van der Waals surface area contributed by atoms with Crippen molar-refractivity contribution in [3.05, 3.63) is 58.3 Å². The van der Waals surface area contributed by atoms with Gasteiger partial charge in [-0.1, -0.05) is 24.2 Å². The molecule has 2 atom stereocenters. The number of hydrogen-bond acceptors (Lipinski definition) is 6. The molecule has 9 heteroatoms. The molecule has 6 nitrogen and oxygen atoms in total. The van der Waals surface area contributed by atoms with E-state index in [1.54, 1.807) is 23.5 Å². The van der Waals surface area contributed by atoms with Crippen molar-refractivity contribution in [1.29, 1.82) is 0 Å². The molecular formula is C23H28FN5OS2. The van der Waals surface area contributed by atoms with E-state index in [0.717, 1.165) is 29.5 Å². The third-order valence-corrected chi connectivity index (χ3v) is 7.72. The van der Waals surface area contributed by atoms with E-state index in [1.807, 2.05) is 29.0 Å². The lowest BCUT2D eigenvalue weighted by Crippen LogP contribution is -2.33. The Morgan fingerprint density at radius 3 is 2.59 bits per heavy atom. The van der Waals surface area contributed by atoms with Crippen LogP contribution in [0.15, 0.2) is 46.9 Å². The van der Waals surface area contributed by atoms with Gasteiger partial charge in [0, 0.05) is 10.6 Å². The molecule has 0 spiro atoms. The molecule has 2 aromatic heterocycles. The Morgan fingerprint density at radius 2 is 1.91 bits per heavy atom. The number of benzene rings is 1. The first-order chi connectivity index (χ1) is 15.5. The zero-order valence-corrected chi connectivity index (χ0v) is 20.0. The number of amides is 1. The van der Waals surface area contributed by atoms with Crippen LogP contribution in [0.3, 0.4) is 0 Å². The van der Waals surface area contributed by atoms with Gasteiger partial charge in [-0.3, -0.25) is 14.3 Å². The lowest BCUT2D eigenvalue weighted by molar-refractivity contribution is -0.119. The van der Waals surface area contributed by atoms with Gasteiger partial charge < -0.3 is 5.32 Å². The van der Waals surface area contributed by atoms with E-state index >= 15 is 0 Å². The second-order valence-corrected chi connectivity index (χ2v) is 9.94. The Hall–Kier alpha value is -2.23. The molecule has 1 amide bonds. The average Bonchev–Trinajstić information content (AvgIpc) is 3.49. The van der Waals surface area contributed by atoms with Gasteiger partial charge in [0.25, 0.3) is 0 Å². The van der Waals surface area contributed by atoms with Crippen molar-refractivity contribution in [3.8, 4) is 5.69 Å². The number of nitrogens with zero attached hydrogens (tertiary/aromatic N) is 4. The molecule has 0 bridgehead atoms. The predicted molar refractivity (Wildman–Crippen MR) is 127 cm³/mol. The summed E-state index contributed by atoms with van der Waals surface area (Å²) < 4.78 is 15.5. The number of thioether (sulfide) groups is 1. The van der Waals surface area contributed by atoms with E-state index < -0.39 is 0 Å². The largest absolute Gasteiger partial charge is 0.348 e. The molecule has 1 aliphatic heterocycles. The molecule has 1 fully saturated rings. The van der Waals surface area contributed by atoms with Crippen molar-refractivity contribution in [3.63, 3.8) is 0 Å². The number of aromatic nitrogens is 3. The molecule has 3 heterocycles. The standard InChI is InChI=1S/C23H28FN5OS2/c1-16(20-7-6-14-31-20)25-21(30)15-32-23-27-26-22(17(2)28-12-4-3-5-13-28)29(23)19-10-8-18(24)9-11-19/h6-11,14,16-17H,3-5,12-13,15H2,1-2H3,(H,25,30). The number of carbonyl (C=O) groups is 1. The molecule has 3 aromatic rings. The van der Waals surface area contributed by atoms with Gasteiger partial charge in [0.1, 0.15) is 5.82 Å². The lowest BCUT2D eigenvalue weighted by atomic mass is 10.1. The van der Waals surface area contributed by atoms with Crippen molar-refractivity contribution in [2.75, 3.05) is 18.8 Å². The fourth-order valence-corrected chi connectivity index (χ4v) is 5.47. The smallest absolute Gasteiger partial charge is 0.230 e. The zero-order valence-electron chi connectivity index (χ0n) is 18.3. The van der Waals surface area contributed by atoms with E-state index in [4.69, 9.17) is 0 Å². The summed E-state index contributed by atoms with van der Waals surface area (Å²) >= 11 is 2.97. The number of thiophene rings is 1. The van der Waals surface area contributed by atoms with Crippen LogP contribution in [0.4, 0.5) is 4.39 Å². The molecule has 1 saturated heterocycles. The van der Waals surface area contributed by atoms with Crippen molar-refractivity contribution in [2.24, 2.45) is 0 Å². The Labute approximate surface area is 196 Å². The van der Waals surface area contributed by atoms with Crippen LogP contribution in [0.5, 0.6) is 0 Å². The summed E-state index contributed by atoms with van der Waals surface area (Å²) in [6, 6.07) is 10.4. The van der Waals surface area contributed by atoms with Gasteiger partial charge in [0.05, 0.1) is 17.8 Å². The number of nitrogens with one attached hydrogen (secondary N) is 1. The number of likely N-dealkylation sites (tertiary alicyclic amines) is 1. The minimum Gasteiger partial charge on any atom is -0.348 e. The predicted octanol–water partition coefficient (Wildman–Crippen LogP) is 4.98. The van der Waals surface area contributed by atoms with Crippen LogP contribution >= 0.6 is 23.1 Å². The normalized spacial score (nSPS) is 16.6. The first kappa shape index (κ1) is 22.9. The van der Waals surface area contributed by atoms with Crippen LogP contribution in [0.2, 0.25) is 0 Å². The number of carbonyl (C=O) groups excluding carboxylic acids is 1. The van der Waals surface area contributed by atoms with Crippen LogP contribution < -0.4 is 5.32 Å². The molecule has 170 valence electrons. The van der Waals surface area contributed by atoms with Crippen molar-refractivity contribution < 1.29 is 9.18 Å². The molecule has 1 aliphatic rings. The van der Waals surface area contributed by atoms with Gasteiger partial charge in [0.2, 0.25) is 5.91 Å². The minimum absolute atomic E-state index is 0.0345. The molecule has 1 aromatic carbocycles. The SMILES string of the molecule is CC(NC(=O)CSc1nnc(C(C)N2CCCCC2)n1-c1ccc(F)cc1)c1cccs1. The van der Waals surface area contributed by atoms with Crippen LogP contribution in [0.25, 0.3) is 5.69 Å². The molecule has 0 aliphatic carbocycles. The number of piperidine rings is 1. The quantitative estimate of drug-likeness (QED) is 0.467. The van der Waals surface area contributed by atoms with Gasteiger partial charge in [-0.15, -0.1) is 21.5 Å². The first-order valence-electron chi connectivity index (χ1n) is 10.9. The average molecular weight is 474 g/mol. The molecular weight excluding hydrogens is 445 g/mol. The van der Waals surface area contributed by atoms with Gasteiger partial charge in [-0.25, -0.2) is 4.39 Å². The lowest BCUT2D eigenvalue weighted by Gasteiger charge is -2.31. The molecule has 2 unspecified atom stereocenters. The van der Waals surface area contributed by atoms with E-state index in [0.29, 0.717) is 5.16 Å². The molecule has 0 saturated carbocycles. The van der Waals surface area contributed by atoms with Crippen molar-refractivity contribution in [2.45, 2.75) is 50.4 Å². The Bertz CT molecular complexity index is 1020. The van der Waals surface area contributed by atoms with Crippen molar-refractivity contribution in [1.82, 2.24) is 25.0 Å². The molecule has 0 radical (unpaired) electrons. The fourth-order valence-electron chi connectivity index (χ4n) is 3.97. The third kappa shape index (κ3) is 5.39. The van der Waals surface area contributed by atoms with Gasteiger partial charge in [-0.2, -0.15) is 0 Å². The van der Waals surface area contributed by atoms with Gasteiger partial charge >= 0.3 is 0 Å². The maximum absolute atomic E-state index is 13.6. The summed E-state index contributed by atoms with van der Waals surface area (Å²) in [5.41, 5.74) is 0.796. The highest BCUT2D eigenvalue weighted by molar-refractivity contribution is 7.99. The highest BCUT2D eigenvalue weighted by Gasteiger charge is 2.26. The second-order valence-electron chi connectivity index (χ2n) is 8.02. The summed E-state index contributed by atoms with van der Waals surface area (Å²) in [6.45, 7) is 6.18. The Kier molecular flexibility index (Phi) is 7.59. The van der Waals surface area contributed by atoms with E-state index in [1.165, 1.54) is 43.2 Å². The highest BCUT2D eigenvalue weighted by Crippen LogP contribution is 2.29. The third-order valence-electron chi connectivity index (χ3n) is 5.74. The number of rotatable bonds is 8. The second kappa shape index (κ2) is 10.6. The molecule has 4 rings (SSSR count). The maximum atomic E-state index is 13.6. The number of hydrogen-bond donors (Lipinski definition) is 1. The summed E-state index contributed by atoms with van der Waals surface area (Å²) in [5.74, 6) is 0.694. The number of halogens is 1. The van der Waals surface area contributed by atoms with Crippen LogP contribution in [-0.2, 0) is 4.79 Å². The van der Waals surface area contributed by atoms with Gasteiger partial charge in [-0.05, 0) is 75.5 Å². The van der Waals surface area contributed by atoms with E-state index in [-0.39, 0.29) is 29.6 Å². The first-order valence-corrected chi connectivity index (χ1v) is 12.8. The fraction of sp³-hybridized carbons (Fsp3) is 0.435. The Balaban J connectivity index is 1.52. The Morgan fingerprint density at radius 1 is 1.16 bits per heavy atom. The van der Waals surface area contributed by atoms with Crippen LogP contribution in [0.1, 0.15) is 55.9 Å². The zero-order chi connectivity index (χ0) is 22.5. The topological polar surface area (TPSA) is 63.1 Å². The monoisotopic (exact) mass is 473 g/mol. The highest BCUT2D eigenvalue weighted by atomic mass is 32.2. The minimum atomic E-state index is -0.288. The summed E-state index contributed by atoms with van der Waals surface area (Å²) in [5, 5.41) is 14.6.